The zero-order valence-corrected chi connectivity index (χ0v) is 24.1. The standard InChI is InChI=1S/C32H38FN7O2/c33-23-14-31(9-3-12-40(31)18-23)20-41-30-37-27-15-32(10-1-5-22-6-7-26(36)24(17-35)28(22)32)42-19-25(27)29(38-30)39-11-2-4-21(16-34)8-13-39/h6-7,21,23H,1-5,8-15,18-20,36H2/t21-,23-,31+,32-/m1/s1. The van der Waals surface area contributed by atoms with Crippen molar-refractivity contribution in [3.8, 4) is 18.1 Å². The smallest absolute Gasteiger partial charge is 0.318 e. The summed E-state index contributed by atoms with van der Waals surface area (Å²) in [5.74, 6) is 0.850. The summed E-state index contributed by atoms with van der Waals surface area (Å²) >= 11 is 0. The number of hydrogen-bond acceptors (Lipinski definition) is 9. The molecule has 10 heteroatoms. The van der Waals surface area contributed by atoms with Crippen LogP contribution in [-0.4, -0.2) is 59.4 Å². The largest absolute Gasteiger partial charge is 0.461 e. The van der Waals surface area contributed by atoms with Crippen molar-refractivity contribution in [2.75, 3.05) is 43.4 Å². The highest BCUT2D eigenvalue weighted by Gasteiger charge is 2.50. The maximum absolute atomic E-state index is 14.5. The normalized spacial score (nSPS) is 30.6. The van der Waals surface area contributed by atoms with Gasteiger partial charge in [-0.15, -0.1) is 0 Å². The van der Waals surface area contributed by atoms with E-state index in [4.69, 9.17) is 25.2 Å². The third kappa shape index (κ3) is 4.56. The number of alkyl halides is 1. The summed E-state index contributed by atoms with van der Waals surface area (Å²) in [6.45, 7) is 3.58. The first kappa shape index (κ1) is 27.4. The third-order valence-corrected chi connectivity index (χ3v) is 10.4. The molecule has 1 aromatic heterocycles. The van der Waals surface area contributed by atoms with E-state index in [1.165, 1.54) is 0 Å². The molecule has 1 aromatic carbocycles. The molecule has 4 aliphatic heterocycles. The van der Waals surface area contributed by atoms with E-state index in [0.29, 0.717) is 49.9 Å². The molecule has 42 heavy (non-hydrogen) atoms. The van der Waals surface area contributed by atoms with Crippen molar-refractivity contribution >= 4 is 11.5 Å². The molecule has 2 aromatic rings. The van der Waals surface area contributed by atoms with Gasteiger partial charge in [-0.1, -0.05) is 6.07 Å². The van der Waals surface area contributed by atoms with Crippen molar-refractivity contribution in [3.63, 3.8) is 0 Å². The number of rotatable bonds is 4. The molecule has 2 N–H and O–H groups in total. The van der Waals surface area contributed by atoms with Crippen LogP contribution in [0.1, 0.15) is 79.3 Å². The zero-order chi connectivity index (χ0) is 28.9. The minimum atomic E-state index is -0.829. The molecule has 1 aliphatic carbocycles. The Morgan fingerprint density at radius 2 is 2.02 bits per heavy atom. The van der Waals surface area contributed by atoms with Gasteiger partial charge in [-0.25, -0.2) is 4.39 Å². The van der Waals surface area contributed by atoms with E-state index in [0.717, 1.165) is 99.2 Å². The van der Waals surface area contributed by atoms with Gasteiger partial charge in [0.15, 0.2) is 0 Å². The average molecular weight is 572 g/mol. The summed E-state index contributed by atoms with van der Waals surface area (Å²) in [6, 6.07) is 8.97. The average Bonchev–Trinajstić information content (AvgIpc) is 3.40. The van der Waals surface area contributed by atoms with E-state index < -0.39 is 11.8 Å². The molecule has 0 saturated carbocycles. The van der Waals surface area contributed by atoms with Gasteiger partial charge in [-0.05, 0) is 69.5 Å². The second kappa shape index (κ2) is 10.7. The molecule has 0 amide bonds. The van der Waals surface area contributed by atoms with Crippen LogP contribution in [0.2, 0.25) is 0 Å². The number of halogens is 1. The van der Waals surface area contributed by atoms with E-state index in [2.05, 4.69) is 21.9 Å². The Hall–Kier alpha value is -3.47. The van der Waals surface area contributed by atoms with Gasteiger partial charge in [0.25, 0.3) is 0 Å². The van der Waals surface area contributed by atoms with Crippen LogP contribution in [-0.2, 0) is 29.8 Å². The van der Waals surface area contributed by atoms with Gasteiger partial charge in [0.1, 0.15) is 30.3 Å². The number of nitrogen functional groups attached to an aromatic ring is 1. The molecule has 0 bridgehead atoms. The summed E-state index contributed by atoms with van der Waals surface area (Å²) < 4.78 is 27.6. The van der Waals surface area contributed by atoms with Crippen LogP contribution in [0.15, 0.2) is 12.1 Å². The number of hydrogen-bond donors (Lipinski definition) is 1. The summed E-state index contributed by atoms with van der Waals surface area (Å²) in [6.07, 6.45) is 7.29. The van der Waals surface area contributed by atoms with Gasteiger partial charge >= 0.3 is 6.01 Å². The number of nitrogens with zero attached hydrogens (tertiary/aromatic N) is 6. The Morgan fingerprint density at radius 3 is 2.88 bits per heavy atom. The predicted molar refractivity (Wildman–Crippen MR) is 154 cm³/mol. The van der Waals surface area contributed by atoms with Crippen LogP contribution < -0.4 is 15.4 Å². The number of aryl methyl sites for hydroxylation is 1. The van der Waals surface area contributed by atoms with E-state index >= 15 is 0 Å². The first-order valence-electron chi connectivity index (χ1n) is 15.5. The first-order chi connectivity index (χ1) is 20.4. The molecule has 0 radical (unpaired) electrons. The van der Waals surface area contributed by atoms with E-state index in [1.54, 1.807) is 0 Å². The lowest BCUT2D eigenvalue weighted by Gasteiger charge is -2.43. The second-order valence-electron chi connectivity index (χ2n) is 12.9. The number of anilines is 2. The van der Waals surface area contributed by atoms with E-state index in [1.807, 2.05) is 12.1 Å². The molecule has 220 valence electrons. The maximum Gasteiger partial charge on any atom is 0.318 e. The van der Waals surface area contributed by atoms with Crippen LogP contribution in [0.5, 0.6) is 6.01 Å². The maximum atomic E-state index is 14.5. The number of nitriles is 2. The van der Waals surface area contributed by atoms with Crippen molar-refractivity contribution in [2.24, 2.45) is 5.92 Å². The highest BCUT2D eigenvalue weighted by molar-refractivity contribution is 5.63. The van der Waals surface area contributed by atoms with Crippen molar-refractivity contribution < 1.29 is 13.9 Å². The van der Waals surface area contributed by atoms with Crippen LogP contribution in [0.3, 0.4) is 0 Å². The molecule has 9 nitrogen and oxygen atoms in total. The van der Waals surface area contributed by atoms with Gasteiger partial charge in [-0.3, -0.25) is 4.90 Å². The first-order valence-corrected chi connectivity index (χ1v) is 15.5. The summed E-state index contributed by atoms with van der Waals surface area (Å²) in [5.41, 5.74) is 10.1. The topological polar surface area (TPSA) is 124 Å². The van der Waals surface area contributed by atoms with Gasteiger partial charge < -0.3 is 20.1 Å². The lowest BCUT2D eigenvalue weighted by Crippen LogP contribution is -2.44. The molecule has 4 atom stereocenters. The molecular weight excluding hydrogens is 533 g/mol. The Kier molecular flexibility index (Phi) is 6.95. The number of fused-ring (bicyclic) bond motifs is 4. The summed E-state index contributed by atoms with van der Waals surface area (Å²) in [4.78, 5) is 14.5. The van der Waals surface area contributed by atoms with Crippen molar-refractivity contribution in [3.05, 3.63) is 40.1 Å². The van der Waals surface area contributed by atoms with Crippen LogP contribution in [0.25, 0.3) is 0 Å². The Morgan fingerprint density at radius 1 is 1.12 bits per heavy atom. The zero-order valence-electron chi connectivity index (χ0n) is 24.1. The van der Waals surface area contributed by atoms with Crippen LogP contribution in [0.4, 0.5) is 15.9 Å². The Balaban J connectivity index is 1.26. The number of benzene rings is 1. The van der Waals surface area contributed by atoms with E-state index in [-0.39, 0.29) is 11.5 Å². The molecule has 3 saturated heterocycles. The number of aromatic nitrogens is 2. The minimum Gasteiger partial charge on any atom is -0.461 e. The minimum absolute atomic E-state index is 0.0416. The molecule has 7 rings (SSSR count). The quantitative estimate of drug-likeness (QED) is 0.534. The van der Waals surface area contributed by atoms with Crippen LogP contribution >= 0.6 is 0 Å². The molecule has 3 fully saturated rings. The molecule has 5 aliphatic rings. The van der Waals surface area contributed by atoms with E-state index in [9.17, 15) is 14.9 Å². The molecule has 0 unspecified atom stereocenters. The second-order valence-corrected chi connectivity index (χ2v) is 12.9. The molecule has 5 heterocycles. The molecule has 1 spiro atoms. The molecular formula is C32H38FN7O2. The third-order valence-electron chi connectivity index (χ3n) is 10.4. The van der Waals surface area contributed by atoms with Gasteiger partial charge in [0.2, 0.25) is 0 Å². The fourth-order valence-corrected chi connectivity index (χ4v) is 8.25. The summed E-state index contributed by atoms with van der Waals surface area (Å²) in [5, 5.41) is 19.6. The fraction of sp³-hybridized carbons (Fsp3) is 0.625. The number of nitrogens with two attached hydrogens (primary N) is 1. The summed E-state index contributed by atoms with van der Waals surface area (Å²) in [7, 11) is 0. The highest BCUT2D eigenvalue weighted by atomic mass is 19.1. The fourth-order valence-electron chi connectivity index (χ4n) is 8.25. The van der Waals surface area contributed by atoms with Crippen molar-refractivity contribution in [1.29, 1.82) is 10.5 Å². The number of ether oxygens (including phenoxy) is 2. The van der Waals surface area contributed by atoms with Gasteiger partial charge in [0.05, 0.1) is 29.5 Å². The van der Waals surface area contributed by atoms with Crippen molar-refractivity contribution in [2.45, 2.75) is 88.1 Å². The monoisotopic (exact) mass is 571 g/mol. The lowest BCUT2D eigenvalue weighted by atomic mass is 9.72. The van der Waals surface area contributed by atoms with Crippen molar-refractivity contribution in [1.82, 2.24) is 14.9 Å². The SMILES string of the molecule is N#Cc1c(N)ccc2c1[C@@]1(CCC2)Cc2nc(OC[C@@]34CCCN3C[C@H](F)C4)nc(N3CCC[C@@H](C#N)CC3)c2CO1. The lowest BCUT2D eigenvalue weighted by molar-refractivity contribution is -0.0857. The van der Waals surface area contributed by atoms with Gasteiger partial charge in [0, 0.05) is 55.2 Å². The van der Waals surface area contributed by atoms with Crippen LogP contribution in [0, 0.1) is 28.6 Å². The Bertz CT molecular complexity index is 1470. The Labute approximate surface area is 246 Å². The highest BCUT2D eigenvalue weighted by Crippen LogP contribution is 2.48. The van der Waals surface area contributed by atoms with Gasteiger partial charge in [-0.2, -0.15) is 20.5 Å². The predicted octanol–water partition coefficient (Wildman–Crippen LogP) is 4.32.